The van der Waals surface area contributed by atoms with Crippen molar-refractivity contribution in [3.05, 3.63) is 115 Å². The molecule has 0 bridgehead atoms. The molecule has 31 heavy (non-hydrogen) atoms. The maximum absolute atomic E-state index is 12.8. The lowest BCUT2D eigenvalue weighted by Gasteiger charge is -2.08. The number of imidazole rings is 1. The Morgan fingerprint density at radius 3 is 2.13 bits per heavy atom. The number of hydrogen-bond donors (Lipinski definition) is 1. The van der Waals surface area contributed by atoms with Gasteiger partial charge in [-0.1, -0.05) is 60.7 Å². The SMILES string of the molecule is Cc1nc2cc(NC(=O)c3ccc(-c4ccccc4)cc3)ccc2n1-c1ccccc1. The highest BCUT2D eigenvalue weighted by atomic mass is 16.1. The average molecular weight is 403 g/mol. The molecule has 1 N–H and O–H groups in total. The lowest BCUT2D eigenvalue weighted by molar-refractivity contribution is 0.102. The first-order valence-corrected chi connectivity index (χ1v) is 10.2. The molecular weight excluding hydrogens is 382 g/mol. The van der Waals surface area contributed by atoms with Gasteiger partial charge in [-0.3, -0.25) is 9.36 Å². The van der Waals surface area contributed by atoms with Crippen LogP contribution >= 0.6 is 0 Å². The number of anilines is 1. The summed E-state index contributed by atoms with van der Waals surface area (Å²) in [7, 11) is 0. The van der Waals surface area contributed by atoms with Crippen LogP contribution in [0.5, 0.6) is 0 Å². The first kappa shape index (κ1) is 18.8. The quantitative estimate of drug-likeness (QED) is 0.385. The second-order valence-electron chi connectivity index (χ2n) is 7.43. The molecule has 0 atom stereocenters. The number of rotatable bonds is 4. The van der Waals surface area contributed by atoms with E-state index in [2.05, 4.69) is 39.1 Å². The maximum Gasteiger partial charge on any atom is 0.255 e. The van der Waals surface area contributed by atoms with E-state index in [1.165, 1.54) is 0 Å². The third kappa shape index (κ3) is 3.71. The zero-order chi connectivity index (χ0) is 21.2. The van der Waals surface area contributed by atoms with E-state index in [-0.39, 0.29) is 5.91 Å². The summed E-state index contributed by atoms with van der Waals surface area (Å²) < 4.78 is 2.11. The number of carbonyl (C=O) groups excluding carboxylic acids is 1. The zero-order valence-corrected chi connectivity index (χ0v) is 17.1. The summed E-state index contributed by atoms with van der Waals surface area (Å²) in [6, 6.07) is 33.7. The van der Waals surface area contributed by atoms with Gasteiger partial charge in [0.15, 0.2) is 0 Å². The van der Waals surface area contributed by atoms with Gasteiger partial charge in [-0.25, -0.2) is 4.98 Å². The lowest BCUT2D eigenvalue weighted by Crippen LogP contribution is -2.11. The topological polar surface area (TPSA) is 46.9 Å². The molecule has 0 saturated heterocycles. The number of aromatic nitrogens is 2. The molecule has 0 saturated carbocycles. The zero-order valence-electron chi connectivity index (χ0n) is 17.1. The van der Waals surface area contributed by atoms with Crippen molar-refractivity contribution >= 4 is 22.6 Å². The number of amides is 1. The Labute approximate surface area is 180 Å². The Hall–Kier alpha value is -4.18. The molecule has 0 aliphatic carbocycles. The van der Waals surface area contributed by atoms with Crippen LogP contribution in [0.1, 0.15) is 16.2 Å². The van der Waals surface area contributed by atoms with E-state index in [4.69, 9.17) is 0 Å². The molecule has 4 aromatic carbocycles. The van der Waals surface area contributed by atoms with E-state index in [1.807, 2.05) is 85.8 Å². The van der Waals surface area contributed by atoms with Crippen molar-refractivity contribution in [1.29, 1.82) is 0 Å². The van der Waals surface area contributed by atoms with Gasteiger partial charge in [0, 0.05) is 16.9 Å². The van der Waals surface area contributed by atoms with Crippen molar-refractivity contribution in [2.24, 2.45) is 0 Å². The fraction of sp³-hybridized carbons (Fsp3) is 0.0370. The summed E-state index contributed by atoms with van der Waals surface area (Å²) in [5, 5.41) is 2.99. The average Bonchev–Trinajstić information content (AvgIpc) is 3.15. The number of para-hydroxylation sites is 1. The highest BCUT2D eigenvalue weighted by Gasteiger charge is 2.12. The molecule has 0 aliphatic rings. The summed E-state index contributed by atoms with van der Waals surface area (Å²) in [4.78, 5) is 17.4. The molecule has 5 aromatic rings. The second-order valence-corrected chi connectivity index (χ2v) is 7.43. The molecule has 150 valence electrons. The fourth-order valence-corrected chi connectivity index (χ4v) is 3.83. The standard InChI is InChI=1S/C27H21N3O/c1-19-28-25-18-23(16-17-26(25)30(19)24-10-6-3-7-11-24)29-27(31)22-14-12-21(13-15-22)20-8-4-2-5-9-20/h2-18H,1H3,(H,29,31). The highest BCUT2D eigenvalue weighted by molar-refractivity contribution is 6.05. The number of benzene rings is 4. The number of nitrogens with zero attached hydrogens (tertiary/aromatic N) is 2. The predicted octanol–water partition coefficient (Wildman–Crippen LogP) is 6.25. The highest BCUT2D eigenvalue weighted by Crippen LogP contribution is 2.25. The summed E-state index contributed by atoms with van der Waals surface area (Å²) >= 11 is 0. The van der Waals surface area contributed by atoms with Crippen molar-refractivity contribution in [3.63, 3.8) is 0 Å². The number of carbonyl (C=O) groups is 1. The van der Waals surface area contributed by atoms with Gasteiger partial charge in [-0.15, -0.1) is 0 Å². The van der Waals surface area contributed by atoms with Gasteiger partial charge in [-0.05, 0) is 60.5 Å². The van der Waals surface area contributed by atoms with Crippen LogP contribution in [0.4, 0.5) is 5.69 Å². The van der Waals surface area contributed by atoms with Crippen LogP contribution in [0.2, 0.25) is 0 Å². The normalized spacial score (nSPS) is 10.9. The van der Waals surface area contributed by atoms with Crippen molar-refractivity contribution in [2.75, 3.05) is 5.32 Å². The van der Waals surface area contributed by atoms with Gasteiger partial charge in [0.1, 0.15) is 5.82 Å². The van der Waals surface area contributed by atoms with E-state index in [0.717, 1.165) is 39.4 Å². The van der Waals surface area contributed by atoms with E-state index < -0.39 is 0 Å². The number of fused-ring (bicyclic) bond motifs is 1. The van der Waals surface area contributed by atoms with Crippen molar-refractivity contribution in [3.8, 4) is 16.8 Å². The first-order valence-electron chi connectivity index (χ1n) is 10.2. The molecule has 0 fully saturated rings. The smallest absolute Gasteiger partial charge is 0.255 e. The fourth-order valence-electron chi connectivity index (χ4n) is 3.83. The van der Waals surface area contributed by atoms with Crippen molar-refractivity contribution in [1.82, 2.24) is 9.55 Å². The van der Waals surface area contributed by atoms with Gasteiger partial charge in [0.05, 0.1) is 11.0 Å². The minimum Gasteiger partial charge on any atom is -0.322 e. The second kappa shape index (κ2) is 7.92. The van der Waals surface area contributed by atoms with E-state index in [1.54, 1.807) is 0 Å². The summed E-state index contributed by atoms with van der Waals surface area (Å²) in [6.07, 6.45) is 0. The van der Waals surface area contributed by atoms with Gasteiger partial charge in [-0.2, -0.15) is 0 Å². The van der Waals surface area contributed by atoms with Gasteiger partial charge >= 0.3 is 0 Å². The summed E-state index contributed by atoms with van der Waals surface area (Å²) in [6.45, 7) is 1.99. The largest absolute Gasteiger partial charge is 0.322 e. The molecule has 4 nitrogen and oxygen atoms in total. The van der Waals surface area contributed by atoms with Crippen molar-refractivity contribution in [2.45, 2.75) is 6.92 Å². The summed E-state index contributed by atoms with van der Waals surface area (Å²) in [5.41, 5.74) is 6.48. The molecule has 1 heterocycles. The lowest BCUT2D eigenvalue weighted by atomic mass is 10.0. The van der Waals surface area contributed by atoms with Crippen LogP contribution in [0, 0.1) is 6.92 Å². The molecular formula is C27H21N3O. The van der Waals surface area contributed by atoms with Gasteiger partial charge in [0.25, 0.3) is 5.91 Å². The van der Waals surface area contributed by atoms with Crippen LogP contribution in [-0.2, 0) is 0 Å². The molecule has 1 aromatic heterocycles. The molecule has 5 rings (SSSR count). The van der Waals surface area contributed by atoms with E-state index in [0.29, 0.717) is 5.56 Å². The van der Waals surface area contributed by atoms with Crippen LogP contribution < -0.4 is 5.32 Å². The molecule has 0 spiro atoms. The minimum atomic E-state index is -0.141. The Morgan fingerprint density at radius 1 is 0.774 bits per heavy atom. The van der Waals surface area contributed by atoms with Crippen LogP contribution in [0.25, 0.3) is 27.8 Å². The molecule has 0 aliphatic heterocycles. The Bertz CT molecular complexity index is 1350. The number of nitrogens with one attached hydrogen (secondary N) is 1. The van der Waals surface area contributed by atoms with Crippen molar-refractivity contribution < 1.29 is 4.79 Å². The molecule has 1 amide bonds. The van der Waals surface area contributed by atoms with Gasteiger partial charge < -0.3 is 5.32 Å². The Kier molecular flexibility index (Phi) is 4.81. The monoisotopic (exact) mass is 403 g/mol. The van der Waals surface area contributed by atoms with Crippen LogP contribution in [0.15, 0.2) is 103 Å². The third-order valence-corrected chi connectivity index (χ3v) is 5.35. The van der Waals surface area contributed by atoms with E-state index >= 15 is 0 Å². The Morgan fingerprint density at radius 2 is 1.42 bits per heavy atom. The van der Waals surface area contributed by atoms with Crippen LogP contribution in [-0.4, -0.2) is 15.5 Å². The summed E-state index contributed by atoms with van der Waals surface area (Å²) in [5.74, 6) is 0.763. The minimum absolute atomic E-state index is 0.141. The first-order chi connectivity index (χ1) is 15.2. The number of aryl methyl sites for hydroxylation is 1. The Balaban J connectivity index is 1.39. The van der Waals surface area contributed by atoms with Gasteiger partial charge in [0.2, 0.25) is 0 Å². The molecule has 0 unspecified atom stereocenters. The van der Waals surface area contributed by atoms with E-state index in [9.17, 15) is 4.79 Å². The number of hydrogen-bond acceptors (Lipinski definition) is 2. The van der Waals surface area contributed by atoms with Crippen LogP contribution in [0.3, 0.4) is 0 Å². The molecule has 4 heteroatoms. The molecule has 0 radical (unpaired) electrons. The maximum atomic E-state index is 12.8. The third-order valence-electron chi connectivity index (χ3n) is 5.35. The predicted molar refractivity (Wildman–Crippen MR) is 126 cm³/mol.